The van der Waals surface area contributed by atoms with Crippen molar-refractivity contribution in [3.63, 3.8) is 0 Å². The van der Waals surface area contributed by atoms with E-state index in [0.29, 0.717) is 12.6 Å². The third kappa shape index (κ3) is 6.59. The molecule has 0 spiro atoms. The highest BCUT2D eigenvalue weighted by Crippen LogP contribution is 2.31. The van der Waals surface area contributed by atoms with Crippen molar-refractivity contribution in [3.8, 4) is 0 Å². The fraction of sp³-hybridized carbons (Fsp3) is 0.625. The number of rotatable bonds is 9. The Morgan fingerprint density at radius 3 is 2.62 bits per heavy atom. The van der Waals surface area contributed by atoms with E-state index in [1.807, 2.05) is 24.3 Å². The molecule has 1 saturated carbocycles. The van der Waals surface area contributed by atoms with Gasteiger partial charge in [0.15, 0.2) is 0 Å². The molecule has 1 aliphatic rings. The van der Waals surface area contributed by atoms with Gasteiger partial charge in [0.05, 0.1) is 5.75 Å². The molecule has 0 radical (unpaired) electrons. The molecule has 0 saturated heterocycles. The first-order valence-electron chi connectivity index (χ1n) is 7.73. The summed E-state index contributed by atoms with van der Waals surface area (Å²) in [5.74, 6) is 0.811. The zero-order valence-corrected chi connectivity index (χ0v) is 13.7. The van der Waals surface area contributed by atoms with Gasteiger partial charge in [-0.2, -0.15) is 0 Å². The molecule has 1 aromatic rings. The monoisotopic (exact) mass is 310 g/mol. The maximum atomic E-state index is 12.1. The van der Waals surface area contributed by atoms with Crippen molar-refractivity contribution in [2.45, 2.75) is 51.4 Å². The largest absolute Gasteiger partial charge is 0.310 e. The molecule has 1 aromatic carbocycles. The molecule has 118 valence electrons. The summed E-state index contributed by atoms with van der Waals surface area (Å²) in [7, 11) is -3.22. The second-order valence-corrected chi connectivity index (χ2v) is 8.05. The van der Waals surface area contributed by atoms with Crippen LogP contribution in [0.1, 0.15) is 44.2 Å². The first-order chi connectivity index (χ1) is 9.94. The maximum Gasteiger partial charge on any atom is 0.215 e. The molecule has 2 rings (SSSR count). The molecule has 0 aromatic heterocycles. The molecule has 0 aliphatic heterocycles. The normalized spacial score (nSPS) is 15.6. The predicted molar refractivity (Wildman–Crippen MR) is 86.4 cm³/mol. The zero-order chi connectivity index (χ0) is 15.3. The zero-order valence-electron chi connectivity index (χ0n) is 12.9. The van der Waals surface area contributed by atoms with Crippen molar-refractivity contribution in [1.82, 2.24) is 10.0 Å². The van der Waals surface area contributed by atoms with Crippen molar-refractivity contribution in [3.05, 3.63) is 35.4 Å². The summed E-state index contributed by atoms with van der Waals surface area (Å²) >= 11 is 0. The Balaban J connectivity index is 1.86. The van der Waals surface area contributed by atoms with Gasteiger partial charge in [0, 0.05) is 19.1 Å². The summed E-state index contributed by atoms with van der Waals surface area (Å²) < 4.78 is 26.8. The molecule has 0 unspecified atom stereocenters. The minimum atomic E-state index is -3.22. The molecule has 0 heterocycles. The Bertz CT molecular complexity index is 551. The lowest BCUT2D eigenvalue weighted by atomic mass is 10.1. The van der Waals surface area contributed by atoms with Crippen LogP contribution in [0.3, 0.4) is 0 Å². The molecule has 0 bridgehead atoms. The minimum Gasteiger partial charge on any atom is -0.310 e. The van der Waals surface area contributed by atoms with Crippen LogP contribution >= 0.6 is 0 Å². The van der Waals surface area contributed by atoms with E-state index in [9.17, 15) is 8.42 Å². The maximum absolute atomic E-state index is 12.1. The Morgan fingerprint density at radius 2 is 1.95 bits per heavy atom. The van der Waals surface area contributed by atoms with Crippen molar-refractivity contribution in [1.29, 1.82) is 0 Å². The molecule has 1 fully saturated rings. The summed E-state index contributed by atoms with van der Waals surface area (Å²) in [5.41, 5.74) is 1.96. The van der Waals surface area contributed by atoms with Gasteiger partial charge in [-0.3, -0.25) is 0 Å². The fourth-order valence-electron chi connectivity index (χ4n) is 2.25. The van der Waals surface area contributed by atoms with Gasteiger partial charge in [0.2, 0.25) is 10.0 Å². The summed E-state index contributed by atoms with van der Waals surface area (Å²) in [5, 5.41) is 3.34. The fourth-order valence-corrected chi connectivity index (χ4v) is 3.40. The van der Waals surface area contributed by atoms with Gasteiger partial charge in [-0.25, -0.2) is 13.1 Å². The number of sulfonamides is 1. The molecule has 0 atom stereocenters. The van der Waals surface area contributed by atoms with Gasteiger partial charge in [-0.05, 0) is 23.5 Å². The second kappa shape index (κ2) is 7.38. The third-order valence-corrected chi connectivity index (χ3v) is 4.99. The number of hydrogen-bond acceptors (Lipinski definition) is 3. The van der Waals surface area contributed by atoms with E-state index in [1.54, 1.807) is 0 Å². The standard InChI is InChI=1S/C16H26N2O2S/c1-13(2)17-11-15-4-3-5-16(10-15)12-21(19,20)18-9-8-14-6-7-14/h3-5,10,13-14,17-18H,6-9,11-12H2,1-2H3. The highest BCUT2D eigenvalue weighted by atomic mass is 32.2. The van der Waals surface area contributed by atoms with Crippen LogP contribution in [0.2, 0.25) is 0 Å². The number of nitrogens with one attached hydrogen (secondary N) is 2. The summed E-state index contributed by atoms with van der Waals surface area (Å²) in [6.07, 6.45) is 3.48. The lowest BCUT2D eigenvalue weighted by Gasteiger charge is -2.10. The van der Waals surface area contributed by atoms with Crippen LogP contribution in [0.15, 0.2) is 24.3 Å². The van der Waals surface area contributed by atoms with Crippen LogP contribution in [0.5, 0.6) is 0 Å². The van der Waals surface area contributed by atoms with Crippen molar-refractivity contribution in [2.24, 2.45) is 5.92 Å². The average Bonchev–Trinajstić information content (AvgIpc) is 3.20. The smallest absolute Gasteiger partial charge is 0.215 e. The molecule has 21 heavy (non-hydrogen) atoms. The first-order valence-corrected chi connectivity index (χ1v) is 9.38. The number of benzene rings is 1. The van der Waals surface area contributed by atoms with E-state index in [0.717, 1.165) is 30.0 Å². The molecule has 2 N–H and O–H groups in total. The molecular formula is C16H26N2O2S. The Labute approximate surface area is 128 Å². The van der Waals surface area contributed by atoms with Crippen LogP contribution in [0, 0.1) is 5.92 Å². The summed E-state index contributed by atoms with van der Waals surface area (Å²) in [6, 6.07) is 8.20. The Morgan fingerprint density at radius 1 is 1.24 bits per heavy atom. The molecule has 4 nitrogen and oxygen atoms in total. The molecule has 1 aliphatic carbocycles. The lowest BCUT2D eigenvalue weighted by molar-refractivity contribution is 0.574. The Hall–Kier alpha value is -0.910. The lowest BCUT2D eigenvalue weighted by Crippen LogP contribution is -2.26. The third-order valence-electron chi connectivity index (χ3n) is 3.63. The molecular weight excluding hydrogens is 284 g/mol. The van der Waals surface area contributed by atoms with Crippen molar-refractivity contribution in [2.75, 3.05) is 6.54 Å². The minimum absolute atomic E-state index is 0.0627. The van der Waals surface area contributed by atoms with Gasteiger partial charge >= 0.3 is 0 Å². The second-order valence-electron chi connectivity index (χ2n) is 6.24. The van der Waals surface area contributed by atoms with E-state index < -0.39 is 10.0 Å². The van der Waals surface area contributed by atoms with Gasteiger partial charge in [-0.15, -0.1) is 0 Å². The van der Waals surface area contributed by atoms with E-state index in [-0.39, 0.29) is 5.75 Å². The highest BCUT2D eigenvalue weighted by Gasteiger charge is 2.21. The van der Waals surface area contributed by atoms with E-state index in [4.69, 9.17) is 0 Å². The SMILES string of the molecule is CC(C)NCc1cccc(CS(=O)(=O)NCCC2CC2)c1. The number of hydrogen-bond donors (Lipinski definition) is 2. The first kappa shape index (κ1) is 16.5. The predicted octanol–water partition coefficient (Wildman–Crippen LogP) is 2.40. The van der Waals surface area contributed by atoms with Crippen LogP contribution in [-0.4, -0.2) is 21.0 Å². The van der Waals surface area contributed by atoms with Crippen molar-refractivity contribution >= 4 is 10.0 Å². The van der Waals surface area contributed by atoms with E-state index in [2.05, 4.69) is 23.9 Å². The van der Waals surface area contributed by atoms with Gasteiger partial charge < -0.3 is 5.32 Å². The van der Waals surface area contributed by atoms with Crippen LogP contribution in [-0.2, 0) is 22.3 Å². The summed E-state index contributed by atoms with van der Waals surface area (Å²) in [6.45, 7) is 5.53. The molecule has 0 amide bonds. The van der Waals surface area contributed by atoms with Crippen LogP contribution in [0.4, 0.5) is 0 Å². The van der Waals surface area contributed by atoms with Gasteiger partial charge in [0.1, 0.15) is 0 Å². The van der Waals surface area contributed by atoms with Crippen molar-refractivity contribution < 1.29 is 8.42 Å². The molecule has 5 heteroatoms. The van der Waals surface area contributed by atoms with Gasteiger partial charge in [0.25, 0.3) is 0 Å². The van der Waals surface area contributed by atoms with Crippen LogP contribution in [0.25, 0.3) is 0 Å². The quantitative estimate of drug-likeness (QED) is 0.736. The van der Waals surface area contributed by atoms with Crippen LogP contribution < -0.4 is 10.0 Å². The topological polar surface area (TPSA) is 58.2 Å². The highest BCUT2D eigenvalue weighted by molar-refractivity contribution is 7.88. The summed E-state index contributed by atoms with van der Waals surface area (Å²) in [4.78, 5) is 0. The average molecular weight is 310 g/mol. The van der Waals surface area contributed by atoms with Gasteiger partial charge in [-0.1, -0.05) is 51.0 Å². The van der Waals surface area contributed by atoms with E-state index >= 15 is 0 Å². The Kier molecular flexibility index (Phi) is 5.79. The van der Waals surface area contributed by atoms with E-state index in [1.165, 1.54) is 12.8 Å².